The minimum atomic E-state index is -4.80. The lowest BCUT2D eigenvalue weighted by Crippen LogP contribution is -2.42. The number of aliphatic carboxylic acids is 1. The zero-order chi connectivity index (χ0) is 25.9. The molecule has 3 aromatic carbocycles. The minimum absolute atomic E-state index is 0.196. The van der Waals surface area contributed by atoms with Crippen LogP contribution in [-0.4, -0.2) is 31.4 Å². The molecule has 0 heterocycles. The van der Waals surface area contributed by atoms with Gasteiger partial charge in [0.1, 0.15) is 17.7 Å². The molecule has 0 aromatic heterocycles. The molecular weight excluding hydrogens is 593 g/mol. The van der Waals surface area contributed by atoms with Gasteiger partial charge in [-0.05, 0) is 48.0 Å². The van der Waals surface area contributed by atoms with Crippen LogP contribution in [0, 0.1) is 11.6 Å². The van der Waals surface area contributed by atoms with Crippen LogP contribution in [-0.2, 0) is 21.2 Å². The Balaban J connectivity index is 1.92. The third-order valence-corrected chi connectivity index (χ3v) is 7.20. The Kier molecular flexibility index (Phi) is 8.37. The highest BCUT2D eigenvalue weighted by Gasteiger charge is 2.28. The molecule has 3 rings (SSSR count). The molecule has 0 spiro atoms. The van der Waals surface area contributed by atoms with Gasteiger partial charge >= 0.3 is 5.97 Å². The summed E-state index contributed by atoms with van der Waals surface area (Å²) in [5.41, 5.74) is -0.231. The number of carbonyl (C=O) groups is 2. The van der Waals surface area contributed by atoms with Crippen LogP contribution in [0.4, 0.5) is 14.5 Å². The van der Waals surface area contributed by atoms with Crippen LogP contribution in [0.1, 0.15) is 15.9 Å². The lowest BCUT2D eigenvalue weighted by atomic mass is 10.0. The third-order valence-electron chi connectivity index (χ3n) is 4.70. The quantitative estimate of drug-likeness (QED) is 0.323. The largest absolute Gasteiger partial charge is 0.480 e. The standard InChI is InChI=1S/C22H15BrCl2F2N2O5S/c23-12-5-7-14(18(9-12)29-35(33,34)20-16(26)2-1-3-17(20)27)21(30)28-19(22(31)32)8-11-4-6-13(24)10-15(11)25/h1-7,9-10,19,29H,8H2,(H,28,30)(H,31,32)/t19-/m0/s1. The van der Waals surface area contributed by atoms with E-state index in [1.165, 1.54) is 36.4 Å². The normalized spacial score (nSPS) is 12.1. The molecule has 0 aliphatic carbocycles. The molecule has 3 N–H and O–H groups in total. The van der Waals surface area contributed by atoms with E-state index in [1.807, 2.05) is 4.72 Å². The van der Waals surface area contributed by atoms with Crippen molar-refractivity contribution in [3.05, 3.63) is 91.9 Å². The molecule has 0 saturated heterocycles. The summed E-state index contributed by atoms with van der Waals surface area (Å²) < 4.78 is 55.9. The molecule has 0 saturated carbocycles. The summed E-state index contributed by atoms with van der Waals surface area (Å²) in [6, 6.07) is 9.34. The molecule has 0 bridgehead atoms. The second-order valence-electron chi connectivity index (χ2n) is 7.15. The number of amides is 1. The van der Waals surface area contributed by atoms with E-state index < -0.39 is 44.5 Å². The van der Waals surface area contributed by atoms with Crippen molar-refractivity contribution in [2.45, 2.75) is 17.4 Å². The average Bonchev–Trinajstić information content (AvgIpc) is 2.74. The molecule has 0 fully saturated rings. The van der Waals surface area contributed by atoms with E-state index in [9.17, 15) is 31.9 Å². The van der Waals surface area contributed by atoms with Crippen molar-refractivity contribution in [2.24, 2.45) is 0 Å². The summed E-state index contributed by atoms with van der Waals surface area (Å²) in [5.74, 6) is -4.99. The van der Waals surface area contributed by atoms with Crippen LogP contribution in [0.3, 0.4) is 0 Å². The fourth-order valence-electron chi connectivity index (χ4n) is 3.08. The zero-order valence-corrected chi connectivity index (χ0v) is 21.3. The Morgan fingerprint density at radius 3 is 2.29 bits per heavy atom. The molecule has 0 aliphatic heterocycles. The number of rotatable bonds is 8. The van der Waals surface area contributed by atoms with Crippen molar-refractivity contribution in [3.8, 4) is 0 Å². The van der Waals surface area contributed by atoms with Crippen molar-refractivity contribution in [1.29, 1.82) is 0 Å². The lowest BCUT2D eigenvalue weighted by Gasteiger charge is -2.18. The Labute approximate surface area is 217 Å². The summed E-state index contributed by atoms with van der Waals surface area (Å²) in [6.07, 6.45) is -0.199. The molecule has 184 valence electrons. The van der Waals surface area contributed by atoms with Gasteiger partial charge in [-0.15, -0.1) is 0 Å². The van der Waals surface area contributed by atoms with E-state index in [2.05, 4.69) is 21.2 Å². The van der Waals surface area contributed by atoms with Gasteiger partial charge in [0.25, 0.3) is 15.9 Å². The van der Waals surface area contributed by atoms with E-state index in [1.54, 1.807) is 0 Å². The minimum Gasteiger partial charge on any atom is -0.480 e. The maximum atomic E-state index is 14.1. The highest BCUT2D eigenvalue weighted by atomic mass is 79.9. The molecule has 1 atom stereocenters. The van der Waals surface area contributed by atoms with Gasteiger partial charge < -0.3 is 10.4 Å². The van der Waals surface area contributed by atoms with E-state index >= 15 is 0 Å². The van der Waals surface area contributed by atoms with Crippen LogP contribution in [0.25, 0.3) is 0 Å². The first-order valence-electron chi connectivity index (χ1n) is 9.63. The first-order valence-corrected chi connectivity index (χ1v) is 12.7. The number of hydrogen-bond acceptors (Lipinski definition) is 4. The smallest absolute Gasteiger partial charge is 0.326 e. The third kappa shape index (κ3) is 6.49. The molecule has 0 unspecified atom stereocenters. The zero-order valence-electron chi connectivity index (χ0n) is 17.4. The topological polar surface area (TPSA) is 113 Å². The monoisotopic (exact) mass is 606 g/mol. The van der Waals surface area contributed by atoms with Gasteiger partial charge in [-0.2, -0.15) is 0 Å². The molecule has 0 aliphatic rings. The fourth-order valence-corrected chi connectivity index (χ4v) is 5.13. The van der Waals surface area contributed by atoms with E-state index in [-0.39, 0.29) is 22.7 Å². The molecule has 3 aromatic rings. The van der Waals surface area contributed by atoms with Gasteiger partial charge in [0.05, 0.1) is 11.3 Å². The summed E-state index contributed by atoms with van der Waals surface area (Å²) in [6.45, 7) is 0. The van der Waals surface area contributed by atoms with Crippen molar-refractivity contribution in [1.82, 2.24) is 5.32 Å². The second kappa shape index (κ2) is 10.9. The summed E-state index contributed by atoms with van der Waals surface area (Å²) in [4.78, 5) is 23.5. The van der Waals surface area contributed by atoms with Crippen molar-refractivity contribution in [2.75, 3.05) is 4.72 Å². The SMILES string of the molecule is O=C(N[C@@H](Cc1ccc(Cl)cc1Cl)C(=O)O)c1ccc(Br)cc1NS(=O)(=O)c1c(F)cccc1F. The van der Waals surface area contributed by atoms with Crippen LogP contribution < -0.4 is 10.0 Å². The van der Waals surface area contributed by atoms with E-state index in [0.29, 0.717) is 15.1 Å². The summed E-state index contributed by atoms with van der Waals surface area (Å²) in [5, 5.41) is 12.4. The fraction of sp³-hybridized carbons (Fsp3) is 0.0909. The first kappa shape index (κ1) is 26.9. The number of benzene rings is 3. The van der Waals surface area contributed by atoms with Crippen LogP contribution in [0.5, 0.6) is 0 Å². The van der Waals surface area contributed by atoms with Crippen molar-refractivity contribution >= 4 is 66.7 Å². The highest BCUT2D eigenvalue weighted by Crippen LogP contribution is 2.27. The number of carbonyl (C=O) groups excluding carboxylic acids is 1. The maximum absolute atomic E-state index is 14.1. The summed E-state index contributed by atoms with van der Waals surface area (Å²) >= 11 is 15.1. The predicted molar refractivity (Wildman–Crippen MR) is 130 cm³/mol. The van der Waals surface area contributed by atoms with Gasteiger partial charge in [-0.25, -0.2) is 22.0 Å². The van der Waals surface area contributed by atoms with Gasteiger partial charge in [-0.1, -0.05) is 51.3 Å². The lowest BCUT2D eigenvalue weighted by molar-refractivity contribution is -0.139. The van der Waals surface area contributed by atoms with E-state index in [0.717, 1.165) is 18.2 Å². The number of anilines is 1. The molecule has 7 nitrogen and oxygen atoms in total. The molecule has 1 amide bonds. The van der Waals surface area contributed by atoms with Crippen LogP contribution >= 0.6 is 39.1 Å². The number of sulfonamides is 1. The Morgan fingerprint density at radius 2 is 1.69 bits per heavy atom. The van der Waals surface area contributed by atoms with Gasteiger partial charge in [-0.3, -0.25) is 9.52 Å². The number of halogens is 5. The van der Waals surface area contributed by atoms with Crippen LogP contribution in [0.15, 0.2) is 64.0 Å². The number of nitrogens with one attached hydrogen (secondary N) is 2. The van der Waals surface area contributed by atoms with Gasteiger partial charge in [0.15, 0.2) is 4.90 Å². The van der Waals surface area contributed by atoms with Crippen molar-refractivity contribution < 1.29 is 31.9 Å². The number of carboxylic acid groups (broad SMARTS) is 1. The molecular formula is C22H15BrCl2F2N2O5S. The van der Waals surface area contributed by atoms with Crippen molar-refractivity contribution in [3.63, 3.8) is 0 Å². The average molecular weight is 608 g/mol. The molecule has 35 heavy (non-hydrogen) atoms. The van der Waals surface area contributed by atoms with Crippen LogP contribution in [0.2, 0.25) is 10.0 Å². The predicted octanol–water partition coefficient (Wildman–Crippen LogP) is 5.26. The van der Waals surface area contributed by atoms with Gasteiger partial charge in [0.2, 0.25) is 0 Å². The molecule has 13 heteroatoms. The van der Waals surface area contributed by atoms with E-state index in [4.69, 9.17) is 23.2 Å². The Bertz CT molecular complexity index is 1400. The maximum Gasteiger partial charge on any atom is 0.326 e. The number of carboxylic acids is 1. The highest BCUT2D eigenvalue weighted by molar-refractivity contribution is 9.10. The summed E-state index contributed by atoms with van der Waals surface area (Å²) in [7, 11) is -4.80. The number of hydrogen-bond donors (Lipinski definition) is 3. The van der Waals surface area contributed by atoms with Gasteiger partial charge in [0, 0.05) is 20.9 Å². The molecule has 0 radical (unpaired) electrons. The Morgan fingerprint density at radius 1 is 1.03 bits per heavy atom. The first-order chi connectivity index (χ1) is 16.4. The Hall–Kier alpha value is -2.73. The second-order valence-corrected chi connectivity index (χ2v) is 10.5.